The summed E-state index contributed by atoms with van der Waals surface area (Å²) in [5.74, 6) is 0. The van der Waals surface area contributed by atoms with Gasteiger partial charge in [0.05, 0.1) is 12.3 Å². The summed E-state index contributed by atoms with van der Waals surface area (Å²) >= 11 is 0. The average molecular weight is 268 g/mol. The molecule has 2 heterocycles. The summed E-state index contributed by atoms with van der Waals surface area (Å²) in [6, 6.07) is 14.9. The van der Waals surface area contributed by atoms with Gasteiger partial charge in [-0.1, -0.05) is 30.3 Å². The molecule has 3 rings (SSSR count). The number of aliphatic hydroxyl groups is 1. The Balaban J connectivity index is 1.70. The molecule has 2 aromatic rings. The zero-order chi connectivity index (χ0) is 13.8. The van der Waals surface area contributed by atoms with Crippen LogP contribution >= 0.6 is 0 Å². The second kappa shape index (κ2) is 6.16. The number of aliphatic hydroxyl groups excluding tert-OH is 1. The van der Waals surface area contributed by atoms with Crippen LogP contribution in [0, 0.1) is 0 Å². The zero-order valence-electron chi connectivity index (χ0n) is 11.6. The van der Waals surface area contributed by atoms with Gasteiger partial charge in [-0.05, 0) is 37.1 Å². The Labute approximate surface area is 119 Å². The monoisotopic (exact) mass is 268 g/mol. The van der Waals surface area contributed by atoms with Crippen LogP contribution in [-0.2, 0) is 6.54 Å². The summed E-state index contributed by atoms with van der Waals surface area (Å²) in [5, 5.41) is 9.36. The van der Waals surface area contributed by atoms with Crippen LogP contribution in [0.25, 0.3) is 11.3 Å². The van der Waals surface area contributed by atoms with Gasteiger partial charge in [-0.15, -0.1) is 0 Å². The molecule has 1 saturated heterocycles. The molecule has 1 aromatic heterocycles. The van der Waals surface area contributed by atoms with Gasteiger partial charge in [-0.25, -0.2) is 0 Å². The number of rotatable bonds is 4. The number of aromatic nitrogens is 1. The Morgan fingerprint density at radius 1 is 1.15 bits per heavy atom. The Hall–Kier alpha value is -1.71. The van der Waals surface area contributed by atoms with E-state index in [0.29, 0.717) is 6.04 Å². The van der Waals surface area contributed by atoms with Gasteiger partial charge in [-0.2, -0.15) is 0 Å². The molecule has 104 valence electrons. The largest absolute Gasteiger partial charge is 0.395 e. The van der Waals surface area contributed by atoms with Crippen LogP contribution in [0.4, 0.5) is 0 Å². The fourth-order valence-corrected chi connectivity index (χ4v) is 2.86. The molecule has 1 aromatic carbocycles. The average Bonchev–Trinajstić information content (AvgIpc) is 2.96. The van der Waals surface area contributed by atoms with Gasteiger partial charge in [0, 0.05) is 24.3 Å². The second-order valence-electron chi connectivity index (χ2n) is 5.36. The zero-order valence-corrected chi connectivity index (χ0v) is 11.6. The minimum Gasteiger partial charge on any atom is -0.395 e. The molecule has 3 heteroatoms. The van der Waals surface area contributed by atoms with Crippen molar-refractivity contribution in [1.82, 2.24) is 9.88 Å². The van der Waals surface area contributed by atoms with Gasteiger partial charge in [0.15, 0.2) is 0 Å². The molecule has 3 nitrogen and oxygen atoms in total. The fraction of sp³-hybridized carbons (Fsp3) is 0.353. The SMILES string of the molecule is OC[C@@H]1CCCN1Cc1ccc(-c2ccccn2)cc1. The number of benzene rings is 1. The van der Waals surface area contributed by atoms with Gasteiger partial charge < -0.3 is 5.11 Å². The minimum absolute atomic E-state index is 0.270. The molecule has 1 N–H and O–H groups in total. The summed E-state index contributed by atoms with van der Waals surface area (Å²) in [6.07, 6.45) is 4.12. The van der Waals surface area contributed by atoms with E-state index in [-0.39, 0.29) is 6.61 Å². The predicted octanol–water partition coefficient (Wildman–Crippen LogP) is 2.71. The molecule has 1 aliphatic rings. The normalized spacial score (nSPS) is 19.4. The van der Waals surface area contributed by atoms with Crippen molar-refractivity contribution in [2.24, 2.45) is 0 Å². The molecule has 1 fully saturated rings. The lowest BCUT2D eigenvalue weighted by molar-refractivity contribution is 0.153. The molecule has 1 atom stereocenters. The second-order valence-corrected chi connectivity index (χ2v) is 5.36. The molecule has 0 unspecified atom stereocenters. The Morgan fingerprint density at radius 3 is 2.70 bits per heavy atom. The number of nitrogens with zero attached hydrogens (tertiary/aromatic N) is 2. The lowest BCUT2D eigenvalue weighted by Crippen LogP contribution is -2.31. The molecule has 0 spiro atoms. The Bertz CT molecular complexity index is 539. The maximum atomic E-state index is 9.36. The van der Waals surface area contributed by atoms with E-state index in [1.165, 1.54) is 12.0 Å². The van der Waals surface area contributed by atoms with Crippen LogP contribution in [0.3, 0.4) is 0 Å². The van der Waals surface area contributed by atoms with Crippen molar-refractivity contribution in [3.05, 3.63) is 54.2 Å². The van der Waals surface area contributed by atoms with E-state index in [9.17, 15) is 5.11 Å². The van der Waals surface area contributed by atoms with Crippen LogP contribution in [-0.4, -0.2) is 34.2 Å². The van der Waals surface area contributed by atoms with Crippen LogP contribution in [0.1, 0.15) is 18.4 Å². The minimum atomic E-state index is 0.270. The molecule has 0 radical (unpaired) electrons. The van der Waals surface area contributed by atoms with Gasteiger partial charge >= 0.3 is 0 Å². The number of hydrogen-bond acceptors (Lipinski definition) is 3. The number of likely N-dealkylation sites (tertiary alicyclic amines) is 1. The highest BCUT2D eigenvalue weighted by Gasteiger charge is 2.23. The molecular formula is C17H20N2O. The summed E-state index contributed by atoms with van der Waals surface area (Å²) in [4.78, 5) is 6.73. The lowest BCUT2D eigenvalue weighted by Gasteiger charge is -2.22. The van der Waals surface area contributed by atoms with Crippen molar-refractivity contribution < 1.29 is 5.11 Å². The quantitative estimate of drug-likeness (QED) is 0.926. The van der Waals surface area contributed by atoms with Crippen LogP contribution < -0.4 is 0 Å². The maximum absolute atomic E-state index is 9.36. The Morgan fingerprint density at radius 2 is 2.00 bits per heavy atom. The van der Waals surface area contributed by atoms with Crippen molar-refractivity contribution in [2.75, 3.05) is 13.2 Å². The van der Waals surface area contributed by atoms with Crippen molar-refractivity contribution in [1.29, 1.82) is 0 Å². The molecule has 1 aliphatic heterocycles. The lowest BCUT2D eigenvalue weighted by atomic mass is 10.1. The van der Waals surface area contributed by atoms with Crippen molar-refractivity contribution in [3.8, 4) is 11.3 Å². The third-order valence-corrected chi connectivity index (χ3v) is 4.01. The highest BCUT2D eigenvalue weighted by atomic mass is 16.3. The summed E-state index contributed by atoms with van der Waals surface area (Å²) in [5.41, 5.74) is 3.45. The smallest absolute Gasteiger partial charge is 0.0701 e. The van der Waals surface area contributed by atoms with Crippen molar-refractivity contribution in [2.45, 2.75) is 25.4 Å². The topological polar surface area (TPSA) is 36.4 Å². The molecule has 0 saturated carbocycles. The predicted molar refractivity (Wildman–Crippen MR) is 80.2 cm³/mol. The van der Waals surface area contributed by atoms with Crippen molar-refractivity contribution >= 4 is 0 Å². The summed E-state index contributed by atoms with van der Waals surface area (Å²) in [6.45, 7) is 2.28. The van der Waals surface area contributed by atoms with Gasteiger partial charge in [0.25, 0.3) is 0 Å². The van der Waals surface area contributed by atoms with E-state index < -0.39 is 0 Å². The van der Waals surface area contributed by atoms with E-state index in [1.807, 2.05) is 24.4 Å². The number of pyridine rings is 1. The Kier molecular flexibility index (Phi) is 4.09. The fourth-order valence-electron chi connectivity index (χ4n) is 2.86. The molecular weight excluding hydrogens is 248 g/mol. The van der Waals surface area contributed by atoms with E-state index in [4.69, 9.17) is 0 Å². The van der Waals surface area contributed by atoms with E-state index in [0.717, 1.165) is 30.8 Å². The molecule has 0 amide bonds. The first-order chi connectivity index (χ1) is 9.86. The summed E-state index contributed by atoms with van der Waals surface area (Å²) < 4.78 is 0. The molecule has 20 heavy (non-hydrogen) atoms. The van der Waals surface area contributed by atoms with E-state index >= 15 is 0 Å². The van der Waals surface area contributed by atoms with Crippen LogP contribution in [0.2, 0.25) is 0 Å². The summed E-state index contributed by atoms with van der Waals surface area (Å²) in [7, 11) is 0. The standard InChI is InChI=1S/C17H20N2O/c20-13-16-4-3-11-19(16)12-14-6-8-15(9-7-14)17-5-1-2-10-18-17/h1-2,5-10,16,20H,3-4,11-13H2/t16-/m0/s1. The molecule has 0 aliphatic carbocycles. The van der Waals surface area contributed by atoms with Crippen LogP contribution in [0.15, 0.2) is 48.7 Å². The third kappa shape index (κ3) is 2.89. The number of hydrogen-bond donors (Lipinski definition) is 1. The van der Waals surface area contributed by atoms with Gasteiger partial charge in [0.1, 0.15) is 0 Å². The van der Waals surface area contributed by atoms with Gasteiger partial charge in [-0.3, -0.25) is 9.88 Å². The highest BCUT2D eigenvalue weighted by molar-refractivity contribution is 5.58. The van der Waals surface area contributed by atoms with E-state index in [2.05, 4.69) is 34.1 Å². The first kappa shape index (κ1) is 13.3. The first-order valence-electron chi connectivity index (χ1n) is 7.22. The van der Waals surface area contributed by atoms with E-state index in [1.54, 1.807) is 0 Å². The van der Waals surface area contributed by atoms with Crippen molar-refractivity contribution in [3.63, 3.8) is 0 Å². The maximum Gasteiger partial charge on any atom is 0.0701 e. The van der Waals surface area contributed by atoms with Gasteiger partial charge in [0.2, 0.25) is 0 Å². The van der Waals surface area contributed by atoms with Crippen LogP contribution in [0.5, 0.6) is 0 Å². The third-order valence-electron chi connectivity index (χ3n) is 4.01. The highest BCUT2D eigenvalue weighted by Crippen LogP contribution is 2.21. The molecule has 0 bridgehead atoms. The first-order valence-corrected chi connectivity index (χ1v) is 7.22.